The fourth-order valence-corrected chi connectivity index (χ4v) is 2.61. The summed E-state index contributed by atoms with van der Waals surface area (Å²) in [6.45, 7) is 5.10. The summed E-state index contributed by atoms with van der Waals surface area (Å²) >= 11 is 1.79. The lowest BCUT2D eigenvalue weighted by molar-refractivity contribution is 0.00754. The molecule has 0 saturated carbocycles. The van der Waals surface area contributed by atoms with E-state index in [9.17, 15) is 0 Å². The summed E-state index contributed by atoms with van der Waals surface area (Å²) in [6.07, 6.45) is 0.967. The van der Waals surface area contributed by atoms with Crippen LogP contribution in [0, 0.1) is 0 Å². The molecule has 1 aromatic rings. The van der Waals surface area contributed by atoms with Crippen LogP contribution in [0.4, 0.5) is 0 Å². The van der Waals surface area contributed by atoms with Gasteiger partial charge in [0.15, 0.2) is 0 Å². The number of rotatable bonds is 2. The molecule has 1 aromatic heterocycles. The fourth-order valence-electron chi connectivity index (χ4n) is 1.76. The minimum atomic E-state index is -0.149. The summed E-state index contributed by atoms with van der Waals surface area (Å²) in [5.74, 6) is 0. The van der Waals surface area contributed by atoms with Crippen molar-refractivity contribution in [2.75, 3.05) is 6.61 Å². The van der Waals surface area contributed by atoms with E-state index >= 15 is 0 Å². The highest BCUT2D eigenvalue weighted by Gasteiger charge is 2.33. The minimum absolute atomic E-state index is 0. The normalized spacial score (nSPS) is 31.4. The topological polar surface area (TPSA) is 21.3 Å². The molecule has 0 aromatic carbocycles. The van der Waals surface area contributed by atoms with Crippen LogP contribution < -0.4 is 5.32 Å². The monoisotopic (exact) mass is 233 g/mol. The predicted molar refractivity (Wildman–Crippen MR) is 62.2 cm³/mol. The first-order chi connectivity index (χ1) is 6.18. The Hall–Kier alpha value is -0.0900. The van der Waals surface area contributed by atoms with Gasteiger partial charge in [-0.25, -0.2) is 0 Å². The summed E-state index contributed by atoms with van der Waals surface area (Å²) in [5, 5.41) is 5.56. The highest BCUT2D eigenvalue weighted by molar-refractivity contribution is 7.09. The summed E-state index contributed by atoms with van der Waals surface area (Å²) in [4.78, 5) is 1.38. The van der Waals surface area contributed by atoms with E-state index in [2.05, 4.69) is 36.7 Å². The van der Waals surface area contributed by atoms with E-state index < -0.39 is 0 Å². The maximum absolute atomic E-state index is 5.72. The molecule has 2 nitrogen and oxygen atoms in total. The quantitative estimate of drug-likeness (QED) is 0.847. The number of halogens is 1. The maximum atomic E-state index is 5.72. The van der Waals surface area contributed by atoms with E-state index in [0.717, 1.165) is 13.0 Å². The van der Waals surface area contributed by atoms with Crippen LogP contribution in [0.5, 0.6) is 0 Å². The van der Waals surface area contributed by atoms with Gasteiger partial charge in [0.25, 0.3) is 0 Å². The highest BCUT2D eigenvalue weighted by Crippen LogP contribution is 2.23. The number of hydrogen-bond acceptors (Lipinski definition) is 3. The molecule has 1 fully saturated rings. The molecular formula is C10H16ClNOS. The van der Waals surface area contributed by atoms with Gasteiger partial charge in [-0.3, -0.25) is 5.32 Å². The van der Waals surface area contributed by atoms with Gasteiger partial charge in [-0.15, -0.1) is 23.7 Å². The van der Waals surface area contributed by atoms with Crippen molar-refractivity contribution in [2.45, 2.75) is 32.0 Å². The van der Waals surface area contributed by atoms with Crippen molar-refractivity contribution in [3.63, 3.8) is 0 Å². The zero-order valence-electron chi connectivity index (χ0n) is 8.45. The SMILES string of the molecule is CC1COC(C)(Cc2cccs2)N1.Cl. The van der Waals surface area contributed by atoms with E-state index in [0.29, 0.717) is 6.04 Å². The summed E-state index contributed by atoms with van der Waals surface area (Å²) < 4.78 is 5.72. The molecule has 1 saturated heterocycles. The number of nitrogens with one attached hydrogen (secondary N) is 1. The lowest BCUT2D eigenvalue weighted by atomic mass is 10.1. The van der Waals surface area contributed by atoms with E-state index in [1.54, 1.807) is 11.3 Å². The van der Waals surface area contributed by atoms with Crippen molar-refractivity contribution in [3.8, 4) is 0 Å². The van der Waals surface area contributed by atoms with Crippen LogP contribution in [-0.4, -0.2) is 18.4 Å². The molecule has 0 bridgehead atoms. The van der Waals surface area contributed by atoms with Crippen LogP contribution in [-0.2, 0) is 11.2 Å². The van der Waals surface area contributed by atoms with Crippen LogP contribution >= 0.6 is 23.7 Å². The third kappa shape index (κ3) is 2.70. The Bertz CT molecular complexity index is 278. The molecular weight excluding hydrogens is 218 g/mol. The van der Waals surface area contributed by atoms with Crippen molar-refractivity contribution < 1.29 is 4.74 Å². The van der Waals surface area contributed by atoms with E-state index in [-0.39, 0.29) is 18.1 Å². The zero-order valence-corrected chi connectivity index (χ0v) is 10.1. The molecule has 80 valence electrons. The average molecular weight is 234 g/mol. The molecule has 1 aliphatic heterocycles. The number of ether oxygens (including phenoxy) is 1. The smallest absolute Gasteiger partial charge is 0.121 e. The van der Waals surface area contributed by atoms with Gasteiger partial charge in [-0.05, 0) is 25.3 Å². The van der Waals surface area contributed by atoms with E-state index in [4.69, 9.17) is 4.74 Å². The molecule has 1 N–H and O–H groups in total. The Kier molecular flexibility index (Phi) is 3.95. The van der Waals surface area contributed by atoms with Gasteiger partial charge in [-0.1, -0.05) is 6.07 Å². The molecule has 0 aliphatic carbocycles. The molecule has 4 heteroatoms. The second-order valence-electron chi connectivity index (χ2n) is 3.84. The standard InChI is InChI=1S/C10H15NOS.ClH/c1-8-7-12-10(2,11-8)6-9-4-3-5-13-9;/h3-5,8,11H,6-7H2,1-2H3;1H. The molecule has 2 rings (SSSR count). The molecule has 0 amide bonds. The largest absolute Gasteiger partial charge is 0.359 e. The average Bonchev–Trinajstić information content (AvgIpc) is 2.62. The molecule has 2 heterocycles. The maximum Gasteiger partial charge on any atom is 0.121 e. The molecule has 0 spiro atoms. The van der Waals surface area contributed by atoms with E-state index in [1.807, 2.05) is 0 Å². The van der Waals surface area contributed by atoms with Crippen molar-refractivity contribution in [2.24, 2.45) is 0 Å². The van der Waals surface area contributed by atoms with Crippen LogP contribution in [0.25, 0.3) is 0 Å². The van der Waals surface area contributed by atoms with Gasteiger partial charge in [0, 0.05) is 17.3 Å². The molecule has 2 atom stereocenters. The summed E-state index contributed by atoms with van der Waals surface area (Å²) in [5.41, 5.74) is -0.149. The second-order valence-corrected chi connectivity index (χ2v) is 4.88. The van der Waals surface area contributed by atoms with Gasteiger partial charge < -0.3 is 4.74 Å². The predicted octanol–water partition coefficient (Wildman–Crippen LogP) is 2.44. The lowest BCUT2D eigenvalue weighted by Crippen LogP contribution is -2.42. The highest BCUT2D eigenvalue weighted by atomic mass is 35.5. The lowest BCUT2D eigenvalue weighted by Gasteiger charge is -2.23. The Morgan fingerprint density at radius 1 is 1.71 bits per heavy atom. The molecule has 14 heavy (non-hydrogen) atoms. The second kappa shape index (κ2) is 4.62. The Morgan fingerprint density at radius 2 is 2.50 bits per heavy atom. The summed E-state index contributed by atoms with van der Waals surface area (Å²) in [7, 11) is 0. The van der Waals surface area contributed by atoms with Crippen molar-refractivity contribution in [1.82, 2.24) is 5.32 Å². The first-order valence-electron chi connectivity index (χ1n) is 4.62. The van der Waals surface area contributed by atoms with Gasteiger partial charge in [0.1, 0.15) is 5.72 Å². The first-order valence-corrected chi connectivity index (χ1v) is 5.50. The van der Waals surface area contributed by atoms with Crippen LogP contribution in [0.15, 0.2) is 17.5 Å². The fraction of sp³-hybridized carbons (Fsp3) is 0.600. The van der Waals surface area contributed by atoms with Crippen molar-refractivity contribution >= 4 is 23.7 Å². The van der Waals surface area contributed by atoms with Crippen LogP contribution in [0.2, 0.25) is 0 Å². The molecule has 1 aliphatic rings. The van der Waals surface area contributed by atoms with Gasteiger partial charge in [0.2, 0.25) is 0 Å². The zero-order chi connectivity index (χ0) is 9.31. The van der Waals surface area contributed by atoms with Gasteiger partial charge in [-0.2, -0.15) is 0 Å². The first kappa shape index (κ1) is 12.0. The number of thiophene rings is 1. The minimum Gasteiger partial charge on any atom is -0.359 e. The van der Waals surface area contributed by atoms with Crippen LogP contribution in [0.3, 0.4) is 0 Å². The number of hydrogen-bond donors (Lipinski definition) is 1. The van der Waals surface area contributed by atoms with Crippen molar-refractivity contribution in [1.29, 1.82) is 0 Å². The third-order valence-electron chi connectivity index (χ3n) is 2.30. The van der Waals surface area contributed by atoms with Crippen LogP contribution in [0.1, 0.15) is 18.7 Å². The van der Waals surface area contributed by atoms with Gasteiger partial charge in [0.05, 0.1) is 6.61 Å². The Morgan fingerprint density at radius 3 is 3.00 bits per heavy atom. The summed E-state index contributed by atoms with van der Waals surface area (Å²) in [6, 6.07) is 4.72. The third-order valence-corrected chi connectivity index (χ3v) is 3.17. The molecule has 2 unspecified atom stereocenters. The van der Waals surface area contributed by atoms with Gasteiger partial charge >= 0.3 is 0 Å². The van der Waals surface area contributed by atoms with Crippen molar-refractivity contribution in [3.05, 3.63) is 22.4 Å². The molecule has 0 radical (unpaired) electrons. The van der Waals surface area contributed by atoms with E-state index in [1.165, 1.54) is 4.88 Å². The Labute approximate surface area is 95.1 Å². The Balaban J connectivity index is 0.000000980.